The molecule has 0 saturated carbocycles. The zero-order chi connectivity index (χ0) is 20.7. The molecule has 1 aromatic carbocycles. The van der Waals surface area contributed by atoms with Gasteiger partial charge in [-0.05, 0) is 11.6 Å². The number of furan rings is 1. The molecule has 2 aromatic rings. The predicted molar refractivity (Wildman–Crippen MR) is 92.2 cm³/mol. The Morgan fingerprint density at radius 2 is 1.79 bits per heavy atom. The second kappa shape index (κ2) is 9.00. The molecule has 146 valence electrons. The van der Waals surface area contributed by atoms with E-state index in [1.807, 2.05) is 5.43 Å². The summed E-state index contributed by atoms with van der Waals surface area (Å²) >= 11 is 0. The van der Waals surface area contributed by atoms with E-state index in [9.17, 15) is 34.9 Å². The number of nitrogens with one attached hydrogen (secondary N) is 2. The van der Waals surface area contributed by atoms with Crippen molar-refractivity contribution in [3.8, 4) is 0 Å². The summed E-state index contributed by atoms with van der Waals surface area (Å²) in [6.45, 7) is -0.559. The van der Waals surface area contributed by atoms with Gasteiger partial charge in [-0.1, -0.05) is 12.1 Å². The summed E-state index contributed by atoms with van der Waals surface area (Å²) in [5.41, 5.74) is 2.07. The molecule has 0 aliphatic rings. The van der Waals surface area contributed by atoms with Gasteiger partial charge in [0.05, 0.1) is 29.9 Å². The monoisotopic (exact) mass is 391 g/mol. The number of carbonyl (C=O) groups excluding carboxylic acids is 2. The first kappa shape index (κ1) is 20.2. The number of nitro groups is 2. The lowest BCUT2D eigenvalue weighted by molar-refractivity contribution is -0.402. The molecule has 0 spiro atoms. The predicted octanol–water partition coefficient (Wildman–Crippen LogP) is 0.396. The highest BCUT2D eigenvalue weighted by Gasteiger charge is 2.20. The molecule has 28 heavy (non-hydrogen) atoms. The molecule has 2 amide bonds. The molecule has 1 unspecified atom stereocenters. The Morgan fingerprint density at radius 1 is 1.11 bits per heavy atom. The van der Waals surface area contributed by atoms with Crippen LogP contribution in [0.1, 0.15) is 17.4 Å². The Kier molecular flexibility index (Phi) is 6.49. The van der Waals surface area contributed by atoms with Crippen molar-refractivity contribution in [2.24, 2.45) is 5.10 Å². The van der Waals surface area contributed by atoms with Gasteiger partial charge in [0.1, 0.15) is 4.92 Å². The molecule has 1 atom stereocenters. The second-order valence-corrected chi connectivity index (χ2v) is 5.19. The van der Waals surface area contributed by atoms with Crippen LogP contribution in [0.25, 0.3) is 0 Å². The van der Waals surface area contributed by atoms with E-state index < -0.39 is 40.2 Å². The van der Waals surface area contributed by atoms with Crippen molar-refractivity contribution < 1.29 is 29.0 Å². The molecule has 2 rings (SSSR count). The van der Waals surface area contributed by atoms with E-state index in [2.05, 4.69) is 10.4 Å². The van der Waals surface area contributed by atoms with Crippen molar-refractivity contribution in [3.63, 3.8) is 0 Å². The quantitative estimate of drug-likeness (QED) is 0.261. The number of hydrogen-bond acceptors (Lipinski definition) is 9. The Labute approximate surface area is 155 Å². The molecule has 13 nitrogen and oxygen atoms in total. The van der Waals surface area contributed by atoms with E-state index in [1.165, 1.54) is 30.3 Å². The topological polar surface area (TPSA) is 190 Å². The third kappa shape index (κ3) is 5.18. The highest BCUT2D eigenvalue weighted by molar-refractivity contribution is 6.35. The smallest absolute Gasteiger partial charge is 0.400 e. The first-order chi connectivity index (χ1) is 13.3. The van der Waals surface area contributed by atoms with Gasteiger partial charge in [0.2, 0.25) is 0 Å². The van der Waals surface area contributed by atoms with Crippen LogP contribution in [0.15, 0.2) is 45.9 Å². The van der Waals surface area contributed by atoms with Crippen molar-refractivity contribution in [1.82, 2.24) is 10.7 Å². The highest BCUT2D eigenvalue weighted by atomic mass is 16.6. The van der Waals surface area contributed by atoms with Crippen LogP contribution in [0, 0.1) is 20.2 Å². The van der Waals surface area contributed by atoms with Crippen LogP contribution in [0.2, 0.25) is 0 Å². The zero-order valence-electron chi connectivity index (χ0n) is 14.0. The lowest BCUT2D eigenvalue weighted by Crippen LogP contribution is -2.40. The van der Waals surface area contributed by atoms with E-state index in [4.69, 9.17) is 4.42 Å². The molecule has 1 aromatic heterocycles. The number of aliphatic hydroxyl groups is 1. The summed E-state index contributed by atoms with van der Waals surface area (Å²) < 4.78 is 4.77. The SMILES string of the molecule is O=C(N/N=C/c1ccc([N+](=O)[O-])o1)C(=O)NC(CO)c1ccc([N+](=O)[O-])cc1. The maximum absolute atomic E-state index is 11.9. The minimum absolute atomic E-state index is 0.0217. The minimum atomic E-state index is -1.17. The Hall–Kier alpha value is -4.13. The highest BCUT2D eigenvalue weighted by Crippen LogP contribution is 2.17. The summed E-state index contributed by atoms with van der Waals surface area (Å²) in [4.78, 5) is 43.4. The molecule has 13 heteroatoms. The number of amides is 2. The van der Waals surface area contributed by atoms with Gasteiger partial charge in [-0.2, -0.15) is 5.10 Å². The van der Waals surface area contributed by atoms with E-state index in [0.29, 0.717) is 5.56 Å². The molecular weight excluding hydrogens is 378 g/mol. The fourth-order valence-corrected chi connectivity index (χ4v) is 2.00. The molecule has 0 aliphatic heterocycles. The molecule has 0 fully saturated rings. The molecule has 0 aliphatic carbocycles. The van der Waals surface area contributed by atoms with Gasteiger partial charge in [-0.15, -0.1) is 0 Å². The van der Waals surface area contributed by atoms with Crippen LogP contribution in [-0.2, 0) is 9.59 Å². The number of carbonyl (C=O) groups is 2. The van der Waals surface area contributed by atoms with Crippen molar-refractivity contribution in [1.29, 1.82) is 0 Å². The van der Waals surface area contributed by atoms with Gasteiger partial charge in [0.25, 0.3) is 5.69 Å². The van der Waals surface area contributed by atoms with E-state index >= 15 is 0 Å². The maximum atomic E-state index is 11.9. The van der Waals surface area contributed by atoms with Gasteiger partial charge in [0.15, 0.2) is 5.76 Å². The Morgan fingerprint density at radius 3 is 2.32 bits per heavy atom. The van der Waals surface area contributed by atoms with Gasteiger partial charge in [0, 0.05) is 12.1 Å². The standard InChI is InChI=1S/C15H13N5O8/c21-8-12(9-1-3-10(4-2-9)19(24)25)17-14(22)15(23)18-16-7-11-5-6-13(28-11)20(26)27/h1-7,12,21H,8H2,(H,17,22)(H,18,23)/b16-7+. The van der Waals surface area contributed by atoms with Crippen LogP contribution in [0.5, 0.6) is 0 Å². The average Bonchev–Trinajstić information content (AvgIpc) is 3.15. The van der Waals surface area contributed by atoms with Gasteiger partial charge in [-0.3, -0.25) is 29.8 Å². The number of nitro benzene ring substituents is 1. The van der Waals surface area contributed by atoms with Crippen LogP contribution < -0.4 is 10.7 Å². The first-order valence-corrected chi connectivity index (χ1v) is 7.55. The maximum Gasteiger partial charge on any atom is 0.433 e. The van der Waals surface area contributed by atoms with Crippen LogP contribution in [-0.4, -0.2) is 39.6 Å². The fourth-order valence-electron chi connectivity index (χ4n) is 2.00. The molecule has 1 heterocycles. The van der Waals surface area contributed by atoms with Crippen LogP contribution in [0.3, 0.4) is 0 Å². The summed E-state index contributed by atoms with van der Waals surface area (Å²) in [6.07, 6.45) is 0.956. The third-order valence-electron chi connectivity index (χ3n) is 3.35. The van der Waals surface area contributed by atoms with E-state index in [1.54, 1.807) is 0 Å². The van der Waals surface area contributed by atoms with Gasteiger partial charge in [-0.25, -0.2) is 5.43 Å². The van der Waals surface area contributed by atoms with Gasteiger partial charge >= 0.3 is 17.7 Å². The fraction of sp³-hybridized carbons (Fsp3) is 0.133. The number of benzene rings is 1. The van der Waals surface area contributed by atoms with Crippen LogP contribution >= 0.6 is 0 Å². The molecule has 3 N–H and O–H groups in total. The number of hydrogen-bond donors (Lipinski definition) is 3. The normalized spacial score (nSPS) is 11.8. The Bertz CT molecular complexity index is 921. The lowest BCUT2D eigenvalue weighted by atomic mass is 10.1. The molecule has 0 radical (unpaired) electrons. The number of aliphatic hydroxyl groups excluding tert-OH is 1. The molecule has 0 bridgehead atoms. The third-order valence-corrected chi connectivity index (χ3v) is 3.35. The van der Waals surface area contributed by atoms with Crippen molar-refractivity contribution >= 4 is 29.6 Å². The van der Waals surface area contributed by atoms with E-state index in [-0.39, 0.29) is 11.4 Å². The second-order valence-electron chi connectivity index (χ2n) is 5.19. The molecular formula is C15H13N5O8. The van der Waals surface area contributed by atoms with Gasteiger partial charge < -0.3 is 14.8 Å². The van der Waals surface area contributed by atoms with Crippen molar-refractivity contribution in [2.75, 3.05) is 6.61 Å². The number of hydrazone groups is 1. The first-order valence-electron chi connectivity index (χ1n) is 7.55. The van der Waals surface area contributed by atoms with E-state index in [0.717, 1.165) is 12.3 Å². The van der Waals surface area contributed by atoms with Crippen molar-refractivity contribution in [3.05, 3.63) is 68.0 Å². The van der Waals surface area contributed by atoms with Crippen molar-refractivity contribution in [2.45, 2.75) is 6.04 Å². The zero-order valence-corrected chi connectivity index (χ0v) is 14.0. The summed E-state index contributed by atoms with van der Waals surface area (Å²) in [6, 6.07) is 6.40. The number of rotatable bonds is 7. The summed E-state index contributed by atoms with van der Waals surface area (Å²) in [5.74, 6) is -2.83. The minimum Gasteiger partial charge on any atom is -0.400 e. The van der Waals surface area contributed by atoms with Crippen LogP contribution in [0.4, 0.5) is 11.6 Å². The summed E-state index contributed by atoms with van der Waals surface area (Å²) in [7, 11) is 0. The largest absolute Gasteiger partial charge is 0.433 e. The Balaban J connectivity index is 1.93. The summed E-state index contributed by atoms with van der Waals surface area (Å²) in [5, 5.41) is 36.2. The lowest BCUT2D eigenvalue weighted by Gasteiger charge is -2.15. The molecule has 0 saturated heterocycles. The number of nitrogens with zero attached hydrogens (tertiary/aromatic N) is 3. The number of non-ortho nitro benzene ring substituents is 1. The average molecular weight is 391 g/mol.